The third-order valence-corrected chi connectivity index (χ3v) is 4.51. The Morgan fingerprint density at radius 1 is 1.58 bits per heavy atom. The Kier molecular flexibility index (Phi) is 5.76. The third-order valence-electron chi connectivity index (χ3n) is 3.56. The fraction of sp³-hybridized carbons (Fsp3) is 0.786. The van der Waals surface area contributed by atoms with Crippen LogP contribution in [0.15, 0.2) is 5.38 Å². The highest BCUT2D eigenvalue weighted by molar-refractivity contribution is 7.09. The Hall–Kier alpha value is -0.490. The lowest BCUT2D eigenvalue weighted by molar-refractivity contribution is -0.0283. The quantitative estimate of drug-likeness (QED) is 0.871. The van der Waals surface area contributed by atoms with Crippen LogP contribution < -0.4 is 5.32 Å². The van der Waals surface area contributed by atoms with Gasteiger partial charge in [-0.3, -0.25) is 4.90 Å². The second-order valence-corrected chi connectivity index (χ2v) is 5.93. The van der Waals surface area contributed by atoms with Gasteiger partial charge in [-0.1, -0.05) is 13.8 Å². The Balaban J connectivity index is 1.96. The summed E-state index contributed by atoms with van der Waals surface area (Å²) < 4.78 is 5.86. The van der Waals surface area contributed by atoms with Crippen LogP contribution in [0.5, 0.6) is 0 Å². The van der Waals surface area contributed by atoms with Gasteiger partial charge in [-0.25, -0.2) is 4.98 Å². The molecule has 0 spiro atoms. The third kappa shape index (κ3) is 3.99. The van der Waals surface area contributed by atoms with E-state index in [9.17, 15) is 0 Å². The summed E-state index contributed by atoms with van der Waals surface area (Å²) in [7, 11) is 0. The Morgan fingerprint density at radius 3 is 3.16 bits per heavy atom. The molecular weight excluding hydrogens is 258 g/mol. The standard InChI is InChI=1S/C14H25N3OS/c1-4-6-15-11(3)12-10-19-14(16-12)13-9-17(5-2)7-8-18-13/h10-11,13,15H,4-9H2,1-3H3. The van der Waals surface area contributed by atoms with Crippen molar-refractivity contribution in [2.24, 2.45) is 0 Å². The summed E-state index contributed by atoms with van der Waals surface area (Å²) in [5.41, 5.74) is 1.14. The van der Waals surface area contributed by atoms with Gasteiger partial charge in [-0.05, 0) is 26.4 Å². The predicted octanol–water partition coefficient (Wildman–Crippen LogP) is 2.60. The average molecular weight is 283 g/mol. The summed E-state index contributed by atoms with van der Waals surface area (Å²) in [5.74, 6) is 0. The highest BCUT2D eigenvalue weighted by Crippen LogP contribution is 2.27. The van der Waals surface area contributed by atoms with E-state index >= 15 is 0 Å². The molecule has 1 aliphatic rings. The number of nitrogens with one attached hydrogen (secondary N) is 1. The number of morpholine rings is 1. The van der Waals surface area contributed by atoms with Gasteiger partial charge in [0.15, 0.2) is 0 Å². The number of hydrogen-bond donors (Lipinski definition) is 1. The second kappa shape index (κ2) is 7.33. The first-order valence-corrected chi connectivity index (χ1v) is 8.15. The first kappa shape index (κ1) is 14.9. The second-order valence-electron chi connectivity index (χ2n) is 5.04. The van der Waals surface area contributed by atoms with Crippen molar-refractivity contribution in [3.63, 3.8) is 0 Å². The minimum absolute atomic E-state index is 0.158. The zero-order valence-corrected chi connectivity index (χ0v) is 13.0. The highest BCUT2D eigenvalue weighted by atomic mass is 32.1. The molecule has 1 N–H and O–H groups in total. The maximum atomic E-state index is 5.86. The zero-order chi connectivity index (χ0) is 13.7. The SMILES string of the molecule is CCCNC(C)c1csc(C2CN(CC)CCO2)n1. The predicted molar refractivity (Wildman–Crippen MR) is 79.6 cm³/mol. The van der Waals surface area contributed by atoms with E-state index < -0.39 is 0 Å². The molecule has 4 nitrogen and oxygen atoms in total. The van der Waals surface area contributed by atoms with E-state index in [0.717, 1.165) is 49.9 Å². The molecule has 0 bridgehead atoms. The van der Waals surface area contributed by atoms with E-state index in [0.29, 0.717) is 6.04 Å². The van der Waals surface area contributed by atoms with Gasteiger partial charge in [-0.15, -0.1) is 11.3 Å². The molecule has 0 aliphatic carbocycles. The number of likely N-dealkylation sites (N-methyl/N-ethyl adjacent to an activating group) is 1. The van der Waals surface area contributed by atoms with Gasteiger partial charge < -0.3 is 10.1 Å². The summed E-state index contributed by atoms with van der Waals surface area (Å²) in [6, 6.07) is 0.329. The van der Waals surface area contributed by atoms with Crippen LogP contribution in [0.3, 0.4) is 0 Å². The van der Waals surface area contributed by atoms with Crippen LogP contribution in [-0.4, -0.2) is 42.7 Å². The van der Waals surface area contributed by atoms with Crippen LogP contribution in [0, 0.1) is 0 Å². The lowest BCUT2D eigenvalue weighted by Gasteiger charge is -2.30. The largest absolute Gasteiger partial charge is 0.368 e. The molecule has 2 heterocycles. The van der Waals surface area contributed by atoms with Gasteiger partial charge in [-0.2, -0.15) is 0 Å². The molecule has 19 heavy (non-hydrogen) atoms. The van der Waals surface area contributed by atoms with Crippen molar-refractivity contribution in [3.8, 4) is 0 Å². The molecular formula is C14H25N3OS. The minimum atomic E-state index is 0.158. The van der Waals surface area contributed by atoms with Crippen LogP contribution in [-0.2, 0) is 4.74 Å². The number of rotatable bonds is 6. The van der Waals surface area contributed by atoms with Crippen LogP contribution in [0.1, 0.15) is 50.0 Å². The first-order chi connectivity index (χ1) is 9.24. The smallest absolute Gasteiger partial charge is 0.123 e. The van der Waals surface area contributed by atoms with Crippen LogP contribution in [0.4, 0.5) is 0 Å². The molecule has 2 rings (SSSR count). The van der Waals surface area contributed by atoms with Crippen molar-refractivity contribution in [2.45, 2.75) is 39.3 Å². The fourth-order valence-corrected chi connectivity index (χ4v) is 3.20. The van der Waals surface area contributed by atoms with Gasteiger partial charge in [0.25, 0.3) is 0 Å². The maximum Gasteiger partial charge on any atom is 0.123 e. The van der Waals surface area contributed by atoms with Crippen molar-refractivity contribution < 1.29 is 4.74 Å². The normalized spacial score (nSPS) is 22.6. The van der Waals surface area contributed by atoms with Crippen molar-refractivity contribution >= 4 is 11.3 Å². The molecule has 0 amide bonds. The van der Waals surface area contributed by atoms with Crippen LogP contribution in [0.25, 0.3) is 0 Å². The fourth-order valence-electron chi connectivity index (χ4n) is 2.25. The van der Waals surface area contributed by atoms with E-state index in [4.69, 9.17) is 9.72 Å². The monoisotopic (exact) mass is 283 g/mol. The summed E-state index contributed by atoms with van der Waals surface area (Å²) >= 11 is 1.73. The lowest BCUT2D eigenvalue weighted by atomic mass is 10.2. The van der Waals surface area contributed by atoms with Crippen molar-refractivity contribution in [3.05, 3.63) is 16.1 Å². The van der Waals surface area contributed by atoms with Gasteiger partial charge in [0.05, 0.1) is 12.3 Å². The van der Waals surface area contributed by atoms with Crippen molar-refractivity contribution in [2.75, 3.05) is 32.8 Å². The summed E-state index contributed by atoms with van der Waals surface area (Å²) in [4.78, 5) is 7.18. The minimum Gasteiger partial charge on any atom is -0.368 e. The number of nitrogens with zero attached hydrogens (tertiary/aromatic N) is 2. The molecule has 1 fully saturated rings. The van der Waals surface area contributed by atoms with Gasteiger partial charge in [0, 0.05) is 24.5 Å². The molecule has 2 atom stereocenters. The number of ether oxygens (including phenoxy) is 1. The number of aromatic nitrogens is 1. The molecule has 1 aliphatic heterocycles. The van der Waals surface area contributed by atoms with Crippen LogP contribution >= 0.6 is 11.3 Å². The van der Waals surface area contributed by atoms with E-state index in [1.54, 1.807) is 11.3 Å². The number of thiazole rings is 1. The average Bonchev–Trinajstić information content (AvgIpc) is 2.94. The molecule has 0 saturated carbocycles. The molecule has 0 aromatic carbocycles. The Labute approximate surface area is 120 Å². The van der Waals surface area contributed by atoms with E-state index in [1.165, 1.54) is 0 Å². The summed E-state index contributed by atoms with van der Waals surface area (Å²) in [6.45, 7) is 11.5. The van der Waals surface area contributed by atoms with Gasteiger partial charge >= 0.3 is 0 Å². The molecule has 0 radical (unpaired) electrons. The Bertz CT molecular complexity index is 383. The van der Waals surface area contributed by atoms with Crippen molar-refractivity contribution in [1.82, 2.24) is 15.2 Å². The molecule has 5 heteroatoms. The maximum absolute atomic E-state index is 5.86. The topological polar surface area (TPSA) is 37.4 Å². The summed E-state index contributed by atoms with van der Waals surface area (Å²) in [5, 5.41) is 6.76. The van der Waals surface area contributed by atoms with Crippen molar-refractivity contribution in [1.29, 1.82) is 0 Å². The van der Waals surface area contributed by atoms with E-state index in [-0.39, 0.29) is 6.10 Å². The first-order valence-electron chi connectivity index (χ1n) is 7.27. The molecule has 2 unspecified atom stereocenters. The molecule has 108 valence electrons. The van der Waals surface area contributed by atoms with E-state index in [1.807, 2.05) is 0 Å². The molecule has 1 aromatic rings. The van der Waals surface area contributed by atoms with Gasteiger partial charge in [0.2, 0.25) is 0 Å². The lowest BCUT2D eigenvalue weighted by Crippen LogP contribution is -2.38. The van der Waals surface area contributed by atoms with Crippen LogP contribution in [0.2, 0.25) is 0 Å². The number of hydrogen-bond acceptors (Lipinski definition) is 5. The zero-order valence-electron chi connectivity index (χ0n) is 12.2. The Morgan fingerprint density at radius 2 is 2.42 bits per heavy atom. The molecule has 1 aromatic heterocycles. The van der Waals surface area contributed by atoms with E-state index in [2.05, 4.69) is 36.4 Å². The molecule has 1 saturated heterocycles. The summed E-state index contributed by atoms with van der Waals surface area (Å²) in [6.07, 6.45) is 1.31. The highest BCUT2D eigenvalue weighted by Gasteiger charge is 2.24. The van der Waals surface area contributed by atoms with Gasteiger partial charge in [0.1, 0.15) is 11.1 Å².